The van der Waals surface area contributed by atoms with Gasteiger partial charge in [0.1, 0.15) is 0 Å². The molecule has 31 heavy (non-hydrogen) atoms. The first kappa shape index (κ1) is 21.3. The van der Waals surface area contributed by atoms with Gasteiger partial charge in [0.05, 0.1) is 30.5 Å². The smallest absolute Gasteiger partial charge is 0.0802 e. The first-order valence-corrected chi connectivity index (χ1v) is 12.5. The molecule has 6 nitrogen and oxygen atoms in total. The number of likely N-dealkylation sites (tertiary alicyclic amines) is 1. The van der Waals surface area contributed by atoms with E-state index in [-0.39, 0.29) is 46.6 Å². The van der Waals surface area contributed by atoms with Gasteiger partial charge >= 0.3 is 0 Å². The first-order chi connectivity index (χ1) is 15.0. The Morgan fingerprint density at radius 1 is 1.06 bits per heavy atom. The molecule has 1 spiro atoms. The van der Waals surface area contributed by atoms with Crippen molar-refractivity contribution in [1.82, 2.24) is 4.90 Å². The SMILES string of the molecule is CCN1CC2(COC)CCC(OC)C34C5CC6C(OC)CC(OC)(C(CC23)C14)C5C6O. The average molecular weight is 436 g/mol. The normalized spacial score (nSPS) is 59.2. The van der Waals surface area contributed by atoms with Gasteiger partial charge in [0.25, 0.3) is 0 Å². The summed E-state index contributed by atoms with van der Waals surface area (Å²) < 4.78 is 24.9. The summed E-state index contributed by atoms with van der Waals surface area (Å²) in [5.41, 5.74) is -0.0439. The lowest BCUT2D eigenvalue weighted by molar-refractivity contribution is -0.281. The van der Waals surface area contributed by atoms with Crippen molar-refractivity contribution >= 4 is 0 Å². The van der Waals surface area contributed by atoms with E-state index in [0.29, 0.717) is 23.8 Å². The number of hydrogen-bond acceptors (Lipinski definition) is 6. The highest BCUT2D eigenvalue weighted by Crippen LogP contribution is 2.79. The Labute approximate surface area is 186 Å². The predicted molar refractivity (Wildman–Crippen MR) is 116 cm³/mol. The zero-order valence-corrected chi connectivity index (χ0v) is 19.9. The number of piperidine rings is 1. The third-order valence-corrected chi connectivity index (χ3v) is 11.5. The van der Waals surface area contributed by atoms with Crippen LogP contribution in [0.25, 0.3) is 0 Å². The van der Waals surface area contributed by atoms with E-state index in [4.69, 9.17) is 18.9 Å². The predicted octanol–water partition coefficient (Wildman–Crippen LogP) is 2.19. The number of nitrogens with zero attached hydrogens (tertiary/aromatic N) is 1. The van der Waals surface area contributed by atoms with Crippen LogP contribution in [0.4, 0.5) is 0 Å². The highest BCUT2D eigenvalue weighted by Gasteiger charge is 2.84. The number of hydrogen-bond donors (Lipinski definition) is 1. The lowest BCUT2D eigenvalue weighted by Crippen LogP contribution is -2.76. The second-order valence-electron chi connectivity index (χ2n) is 11.6. The molecule has 6 rings (SSSR count). The van der Waals surface area contributed by atoms with Crippen LogP contribution < -0.4 is 0 Å². The molecule has 0 radical (unpaired) electrons. The zero-order chi connectivity index (χ0) is 21.8. The summed E-state index contributed by atoms with van der Waals surface area (Å²) >= 11 is 0. The number of rotatable bonds is 6. The van der Waals surface area contributed by atoms with E-state index in [1.165, 1.54) is 12.8 Å². The molecule has 0 aromatic rings. The van der Waals surface area contributed by atoms with Crippen molar-refractivity contribution in [2.75, 3.05) is 48.1 Å². The lowest BCUT2D eigenvalue weighted by Gasteiger charge is -2.70. The average Bonchev–Trinajstić information content (AvgIpc) is 3.18. The molecule has 176 valence electrons. The maximum absolute atomic E-state index is 11.6. The Balaban J connectivity index is 1.59. The summed E-state index contributed by atoms with van der Waals surface area (Å²) in [5.74, 6) is 1.80. The zero-order valence-electron chi connectivity index (χ0n) is 19.9. The highest BCUT2D eigenvalue weighted by molar-refractivity contribution is 5.33. The van der Waals surface area contributed by atoms with Gasteiger partial charge in [-0.3, -0.25) is 4.90 Å². The van der Waals surface area contributed by atoms with Crippen molar-refractivity contribution in [2.45, 2.75) is 69.0 Å². The van der Waals surface area contributed by atoms with Gasteiger partial charge in [-0.1, -0.05) is 6.92 Å². The van der Waals surface area contributed by atoms with E-state index in [1.54, 1.807) is 0 Å². The van der Waals surface area contributed by atoms with Crippen LogP contribution in [0.15, 0.2) is 0 Å². The topological polar surface area (TPSA) is 60.4 Å². The van der Waals surface area contributed by atoms with Gasteiger partial charge in [0.2, 0.25) is 0 Å². The molecule has 5 aliphatic carbocycles. The van der Waals surface area contributed by atoms with Crippen LogP contribution in [0.5, 0.6) is 0 Å². The maximum atomic E-state index is 11.6. The molecule has 1 saturated heterocycles. The molecule has 6 aliphatic rings. The van der Waals surface area contributed by atoms with Gasteiger partial charge in [0, 0.05) is 76.0 Å². The van der Waals surface area contributed by atoms with Crippen LogP contribution in [0, 0.1) is 40.4 Å². The lowest BCUT2D eigenvalue weighted by atomic mass is 9.43. The monoisotopic (exact) mass is 435 g/mol. The van der Waals surface area contributed by atoms with Crippen LogP contribution in [0.2, 0.25) is 0 Å². The first-order valence-electron chi connectivity index (χ1n) is 12.5. The largest absolute Gasteiger partial charge is 0.392 e. The van der Waals surface area contributed by atoms with E-state index in [9.17, 15) is 5.11 Å². The molecular formula is C25H41NO5. The van der Waals surface area contributed by atoms with Gasteiger partial charge in [-0.15, -0.1) is 0 Å². The Bertz CT molecular complexity index is 735. The van der Waals surface area contributed by atoms with Gasteiger partial charge in [0.15, 0.2) is 0 Å². The second-order valence-corrected chi connectivity index (χ2v) is 11.6. The number of methoxy groups -OCH3 is 4. The van der Waals surface area contributed by atoms with Crippen molar-refractivity contribution in [3.05, 3.63) is 0 Å². The molecule has 6 heteroatoms. The van der Waals surface area contributed by atoms with Crippen LogP contribution in [-0.4, -0.2) is 88.1 Å². The van der Waals surface area contributed by atoms with Gasteiger partial charge < -0.3 is 24.1 Å². The molecule has 1 aliphatic heterocycles. The minimum Gasteiger partial charge on any atom is -0.392 e. The van der Waals surface area contributed by atoms with E-state index in [0.717, 1.165) is 39.0 Å². The fourth-order valence-electron chi connectivity index (χ4n) is 11.0. The maximum Gasteiger partial charge on any atom is 0.0802 e. The summed E-state index contributed by atoms with van der Waals surface area (Å²) in [5, 5.41) is 11.6. The van der Waals surface area contributed by atoms with E-state index in [1.807, 2.05) is 28.4 Å². The summed E-state index contributed by atoms with van der Waals surface area (Å²) in [6, 6.07) is 0.459. The van der Waals surface area contributed by atoms with Crippen molar-refractivity contribution in [3.8, 4) is 0 Å². The number of aliphatic hydroxyl groups excluding tert-OH is 1. The van der Waals surface area contributed by atoms with Crippen molar-refractivity contribution in [1.29, 1.82) is 0 Å². The second kappa shape index (κ2) is 6.89. The fraction of sp³-hybridized carbons (Fsp3) is 1.00. The van der Waals surface area contributed by atoms with Crippen molar-refractivity contribution < 1.29 is 24.1 Å². The summed E-state index contributed by atoms with van der Waals surface area (Å²) in [7, 11) is 7.52. The fourth-order valence-corrected chi connectivity index (χ4v) is 11.0. The Morgan fingerprint density at radius 2 is 1.87 bits per heavy atom. The van der Waals surface area contributed by atoms with Crippen LogP contribution >= 0.6 is 0 Å². The van der Waals surface area contributed by atoms with Gasteiger partial charge in [-0.25, -0.2) is 0 Å². The molecule has 1 N–H and O–H groups in total. The Kier molecular flexibility index (Phi) is 4.74. The van der Waals surface area contributed by atoms with E-state index < -0.39 is 0 Å². The Hall–Kier alpha value is -0.240. The molecular weight excluding hydrogens is 394 g/mol. The highest BCUT2D eigenvalue weighted by atomic mass is 16.5. The molecule has 5 saturated carbocycles. The van der Waals surface area contributed by atoms with Crippen LogP contribution in [0.3, 0.4) is 0 Å². The molecule has 12 unspecified atom stereocenters. The van der Waals surface area contributed by atoms with Crippen LogP contribution in [-0.2, 0) is 18.9 Å². The van der Waals surface area contributed by atoms with Gasteiger partial charge in [-0.05, 0) is 44.1 Å². The molecule has 0 aromatic carbocycles. The standard InChI is InChI=1S/C25H41NO5/c1-6-26-12-23(13-28-2)8-7-19(30-4)25-15-9-14-17(29-3)11-24(31-5,20(15)21(14)27)16(22(25)26)10-18(23)25/h14-22,27H,6-13H2,1-5H3. The molecule has 0 aromatic heterocycles. The number of ether oxygens (including phenoxy) is 4. The quantitative estimate of drug-likeness (QED) is 0.690. The summed E-state index contributed by atoms with van der Waals surface area (Å²) in [4.78, 5) is 2.77. The molecule has 12 atom stereocenters. The van der Waals surface area contributed by atoms with E-state index >= 15 is 0 Å². The minimum absolute atomic E-state index is 0.0789. The molecule has 7 bridgehead atoms. The third kappa shape index (κ3) is 2.17. The van der Waals surface area contributed by atoms with Crippen molar-refractivity contribution in [3.63, 3.8) is 0 Å². The minimum atomic E-state index is -0.339. The summed E-state index contributed by atoms with van der Waals surface area (Å²) in [6.45, 7) is 5.32. The number of fused-ring (bicyclic) bond motifs is 2. The molecule has 1 heterocycles. The summed E-state index contributed by atoms with van der Waals surface area (Å²) in [6.07, 6.45) is 5.39. The van der Waals surface area contributed by atoms with Gasteiger partial charge in [-0.2, -0.15) is 0 Å². The third-order valence-electron chi connectivity index (χ3n) is 11.5. The molecule has 6 fully saturated rings. The van der Waals surface area contributed by atoms with Crippen molar-refractivity contribution in [2.24, 2.45) is 40.4 Å². The Morgan fingerprint density at radius 3 is 2.52 bits per heavy atom. The number of aliphatic hydroxyl groups is 1. The molecule has 0 amide bonds. The van der Waals surface area contributed by atoms with E-state index in [2.05, 4.69) is 11.8 Å². The van der Waals surface area contributed by atoms with Crippen LogP contribution in [0.1, 0.15) is 39.0 Å².